The monoisotopic (exact) mass is 212 g/mol. The van der Waals surface area contributed by atoms with E-state index in [1.54, 1.807) is 12.2 Å². The highest BCUT2D eigenvalue weighted by atomic mass is 16.3. The molecular weight excluding hydrogens is 192 g/mol. The van der Waals surface area contributed by atoms with Gasteiger partial charge in [0.15, 0.2) is 0 Å². The summed E-state index contributed by atoms with van der Waals surface area (Å²) in [5.74, 6) is 0.100. The van der Waals surface area contributed by atoms with E-state index in [2.05, 4.69) is 4.90 Å². The molecule has 1 heterocycles. The van der Waals surface area contributed by atoms with Crippen LogP contribution in [0.1, 0.15) is 13.3 Å². The number of aliphatic hydroxyl groups is 1. The molecule has 0 radical (unpaired) electrons. The van der Waals surface area contributed by atoms with Gasteiger partial charge >= 0.3 is 0 Å². The van der Waals surface area contributed by atoms with Gasteiger partial charge in [-0.25, -0.2) is 0 Å². The molecule has 0 aromatic heterocycles. The highest BCUT2D eigenvalue weighted by Gasteiger charge is 2.16. The van der Waals surface area contributed by atoms with Gasteiger partial charge < -0.3 is 10.0 Å². The summed E-state index contributed by atoms with van der Waals surface area (Å²) in [4.78, 5) is 15.7. The number of rotatable bonds is 3. The molecule has 1 amide bonds. The van der Waals surface area contributed by atoms with Gasteiger partial charge in [0.05, 0.1) is 6.61 Å². The maximum Gasteiger partial charge on any atom is 0.246 e. The second kappa shape index (κ2) is 6.58. The van der Waals surface area contributed by atoms with Crippen LogP contribution in [0.4, 0.5) is 0 Å². The first-order valence-corrected chi connectivity index (χ1v) is 5.52. The average Bonchev–Trinajstić information content (AvgIpc) is 2.44. The number of hydrogen-bond acceptors (Lipinski definition) is 3. The number of allylic oxidation sites excluding steroid dienone is 1. The molecule has 0 aromatic carbocycles. The molecule has 0 saturated carbocycles. The molecule has 4 nitrogen and oxygen atoms in total. The lowest BCUT2D eigenvalue weighted by Crippen LogP contribution is -2.35. The summed E-state index contributed by atoms with van der Waals surface area (Å²) in [5.41, 5.74) is 0. The summed E-state index contributed by atoms with van der Waals surface area (Å²) >= 11 is 0. The van der Waals surface area contributed by atoms with Gasteiger partial charge in [-0.3, -0.25) is 9.69 Å². The van der Waals surface area contributed by atoms with Gasteiger partial charge in [-0.2, -0.15) is 0 Å². The second-order valence-corrected chi connectivity index (χ2v) is 3.74. The van der Waals surface area contributed by atoms with Crippen LogP contribution in [-0.4, -0.2) is 60.1 Å². The summed E-state index contributed by atoms with van der Waals surface area (Å²) in [6.45, 7) is 6.19. The van der Waals surface area contributed by atoms with Crippen molar-refractivity contribution in [1.82, 2.24) is 9.80 Å². The van der Waals surface area contributed by atoms with E-state index in [1.807, 2.05) is 11.8 Å². The zero-order valence-electron chi connectivity index (χ0n) is 9.35. The molecule has 1 saturated heterocycles. The standard InChI is InChI=1S/C11H20N2O2/c1-2-4-11(15)13-6-3-5-12(7-8-13)9-10-14/h2,4,14H,3,5-10H2,1H3. The molecule has 0 spiro atoms. The Labute approximate surface area is 91.2 Å². The quantitative estimate of drug-likeness (QED) is 0.674. The van der Waals surface area contributed by atoms with E-state index < -0.39 is 0 Å². The Balaban J connectivity index is 2.41. The number of aliphatic hydroxyl groups excluding tert-OH is 1. The number of nitrogens with zero attached hydrogens (tertiary/aromatic N) is 2. The van der Waals surface area contributed by atoms with Crippen LogP contribution in [0, 0.1) is 0 Å². The van der Waals surface area contributed by atoms with Gasteiger partial charge in [-0.1, -0.05) is 6.08 Å². The molecule has 86 valence electrons. The molecule has 1 aliphatic heterocycles. The van der Waals surface area contributed by atoms with Gasteiger partial charge in [0, 0.05) is 26.2 Å². The molecule has 15 heavy (non-hydrogen) atoms. The summed E-state index contributed by atoms with van der Waals surface area (Å²) in [6, 6.07) is 0. The highest BCUT2D eigenvalue weighted by Crippen LogP contribution is 2.03. The van der Waals surface area contributed by atoms with Crippen molar-refractivity contribution >= 4 is 5.91 Å². The first-order valence-electron chi connectivity index (χ1n) is 5.52. The minimum atomic E-state index is 0.100. The Morgan fingerprint density at radius 3 is 2.80 bits per heavy atom. The van der Waals surface area contributed by atoms with E-state index in [0.29, 0.717) is 6.54 Å². The fourth-order valence-electron chi connectivity index (χ4n) is 1.80. The molecule has 0 unspecified atom stereocenters. The van der Waals surface area contributed by atoms with E-state index >= 15 is 0 Å². The summed E-state index contributed by atoms with van der Waals surface area (Å²) < 4.78 is 0. The van der Waals surface area contributed by atoms with Crippen LogP contribution in [0.15, 0.2) is 12.2 Å². The minimum Gasteiger partial charge on any atom is -0.395 e. The maximum absolute atomic E-state index is 11.6. The highest BCUT2D eigenvalue weighted by molar-refractivity contribution is 5.87. The fourth-order valence-corrected chi connectivity index (χ4v) is 1.80. The van der Waals surface area contributed by atoms with Crippen molar-refractivity contribution in [2.45, 2.75) is 13.3 Å². The first-order chi connectivity index (χ1) is 7.27. The predicted molar refractivity (Wildman–Crippen MR) is 59.5 cm³/mol. The SMILES string of the molecule is CC=CC(=O)N1CCCN(CCO)CC1. The lowest BCUT2D eigenvalue weighted by molar-refractivity contribution is -0.125. The second-order valence-electron chi connectivity index (χ2n) is 3.74. The predicted octanol–water partition coefficient (Wildman–Crippen LogP) is 0.0891. The minimum absolute atomic E-state index is 0.100. The maximum atomic E-state index is 11.6. The Morgan fingerprint density at radius 1 is 1.33 bits per heavy atom. The van der Waals surface area contributed by atoms with Crippen molar-refractivity contribution in [2.75, 3.05) is 39.3 Å². The van der Waals surface area contributed by atoms with Crippen LogP contribution in [0.5, 0.6) is 0 Å². The van der Waals surface area contributed by atoms with Gasteiger partial charge in [0.1, 0.15) is 0 Å². The third-order valence-corrected chi connectivity index (χ3v) is 2.63. The summed E-state index contributed by atoms with van der Waals surface area (Å²) in [6.07, 6.45) is 4.38. The third kappa shape index (κ3) is 4.01. The molecule has 0 aromatic rings. The third-order valence-electron chi connectivity index (χ3n) is 2.63. The van der Waals surface area contributed by atoms with Crippen LogP contribution < -0.4 is 0 Å². The van der Waals surface area contributed by atoms with E-state index in [0.717, 1.165) is 32.6 Å². The van der Waals surface area contributed by atoms with Crippen LogP contribution in [-0.2, 0) is 4.79 Å². The molecule has 0 bridgehead atoms. The molecule has 4 heteroatoms. The number of carbonyl (C=O) groups is 1. The molecule has 1 fully saturated rings. The van der Waals surface area contributed by atoms with Gasteiger partial charge in [-0.15, -0.1) is 0 Å². The zero-order chi connectivity index (χ0) is 11.1. The van der Waals surface area contributed by atoms with E-state index in [9.17, 15) is 4.79 Å². The molecule has 0 aliphatic carbocycles. The Kier molecular flexibility index (Phi) is 5.36. The van der Waals surface area contributed by atoms with Crippen molar-refractivity contribution in [2.24, 2.45) is 0 Å². The van der Waals surface area contributed by atoms with Crippen LogP contribution in [0.2, 0.25) is 0 Å². The van der Waals surface area contributed by atoms with Gasteiger partial charge in [0.25, 0.3) is 0 Å². The summed E-state index contributed by atoms with van der Waals surface area (Å²) in [7, 11) is 0. The van der Waals surface area contributed by atoms with Crippen molar-refractivity contribution in [3.8, 4) is 0 Å². The number of hydrogen-bond donors (Lipinski definition) is 1. The van der Waals surface area contributed by atoms with E-state index in [-0.39, 0.29) is 12.5 Å². The largest absolute Gasteiger partial charge is 0.395 e. The Morgan fingerprint density at radius 2 is 2.13 bits per heavy atom. The molecule has 1 aliphatic rings. The number of β-amino-alcohol motifs (C(OH)–C–C–N with tert-alkyl or cyclic N) is 1. The smallest absolute Gasteiger partial charge is 0.246 e. The van der Waals surface area contributed by atoms with Crippen molar-refractivity contribution < 1.29 is 9.90 Å². The Hall–Kier alpha value is -0.870. The van der Waals surface area contributed by atoms with Crippen LogP contribution in [0.3, 0.4) is 0 Å². The lowest BCUT2D eigenvalue weighted by atomic mass is 10.3. The van der Waals surface area contributed by atoms with Crippen LogP contribution in [0.25, 0.3) is 0 Å². The van der Waals surface area contributed by atoms with E-state index in [4.69, 9.17) is 5.11 Å². The van der Waals surface area contributed by atoms with Crippen LogP contribution >= 0.6 is 0 Å². The van der Waals surface area contributed by atoms with E-state index in [1.165, 1.54) is 0 Å². The fraction of sp³-hybridized carbons (Fsp3) is 0.727. The van der Waals surface area contributed by atoms with Crippen molar-refractivity contribution in [3.05, 3.63) is 12.2 Å². The Bertz CT molecular complexity index is 229. The number of carbonyl (C=O) groups excluding carboxylic acids is 1. The average molecular weight is 212 g/mol. The zero-order valence-corrected chi connectivity index (χ0v) is 9.35. The topological polar surface area (TPSA) is 43.8 Å². The van der Waals surface area contributed by atoms with Crippen molar-refractivity contribution in [3.63, 3.8) is 0 Å². The first kappa shape index (κ1) is 12.2. The lowest BCUT2D eigenvalue weighted by Gasteiger charge is -2.20. The number of amides is 1. The summed E-state index contributed by atoms with van der Waals surface area (Å²) in [5, 5.41) is 8.84. The van der Waals surface area contributed by atoms with Gasteiger partial charge in [-0.05, 0) is 26.0 Å². The molecule has 0 atom stereocenters. The molecule has 1 rings (SSSR count). The normalized spacial score (nSPS) is 19.5. The molecule has 1 N–H and O–H groups in total. The molecular formula is C11H20N2O2. The van der Waals surface area contributed by atoms with Gasteiger partial charge in [0.2, 0.25) is 5.91 Å². The van der Waals surface area contributed by atoms with Crippen molar-refractivity contribution in [1.29, 1.82) is 0 Å².